The Labute approximate surface area is 99.0 Å². The van der Waals surface area contributed by atoms with E-state index in [1.807, 2.05) is 0 Å². The predicted molar refractivity (Wildman–Crippen MR) is 53.1 cm³/mol. The van der Waals surface area contributed by atoms with E-state index in [1.165, 1.54) is 0 Å². The third kappa shape index (κ3) is 3.08. The van der Waals surface area contributed by atoms with Gasteiger partial charge in [-0.15, -0.1) is 12.6 Å². The van der Waals surface area contributed by atoms with Crippen molar-refractivity contribution in [2.24, 2.45) is 0 Å². The zero-order valence-electron chi connectivity index (χ0n) is 8.58. The molecule has 96 valence electrons. The Morgan fingerprint density at radius 1 is 1.00 bits per heavy atom. The maximum absolute atomic E-state index is 12.5. The number of alkyl halides is 6. The van der Waals surface area contributed by atoms with Gasteiger partial charge in [0, 0.05) is 4.90 Å². The number of rotatable bonds is 1. The summed E-state index contributed by atoms with van der Waals surface area (Å²) in [5.41, 5.74) is -3.25. The molecule has 0 atom stereocenters. The quantitative estimate of drug-likeness (QED) is 0.562. The molecule has 0 aliphatic carbocycles. The van der Waals surface area contributed by atoms with E-state index in [1.54, 1.807) is 6.92 Å². The molecule has 0 aliphatic heterocycles. The van der Waals surface area contributed by atoms with Crippen LogP contribution in [0, 0.1) is 0 Å². The van der Waals surface area contributed by atoms with E-state index in [0.29, 0.717) is 6.07 Å². The van der Waals surface area contributed by atoms with Crippen LogP contribution in [0.2, 0.25) is 0 Å². The second-order valence-corrected chi connectivity index (χ2v) is 3.87. The van der Waals surface area contributed by atoms with E-state index in [-0.39, 0.29) is 12.0 Å². The first-order valence-corrected chi connectivity index (χ1v) is 5.02. The van der Waals surface area contributed by atoms with Crippen LogP contribution in [0.3, 0.4) is 0 Å². The summed E-state index contributed by atoms with van der Waals surface area (Å²) in [7, 11) is 0. The smallest absolute Gasteiger partial charge is 0.166 e. The van der Waals surface area contributed by atoms with E-state index in [0.717, 1.165) is 6.07 Å². The van der Waals surface area contributed by atoms with Crippen molar-refractivity contribution in [1.82, 2.24) is 0 Å². The lowest BCUT2D eigenvalue weighted by Gasteiger charge is -2.18. The highest BCUT2D eigenvalue weighted by Gasteiger charge is 2.44. The molecular formula is C10H8F6S. The molecule has 0 aromatic heterocycles. The van der Waals surface area contributed by atoms with Gasteiger partial charge in [0.1, 0.15) is 0 Å². The van der Waals surface area contributed by atoms with E-state index >= 15 is 0 Å². The average molecular weight is 274 g/mol. The molecule has 7 heteroatoms. The fourth-order valence-electron chi connectivity index (χ4n) is 1.41. The van der Waals surface area contributed by atoms with Crippen LogP contribution in [0.15, 0.2) is 17.0 Å². The molecule has 1 aromatic carbocycles. The Morgan fingerprint density at radius 3 is 1.88 bits per heavy atom. The number of hydrogen-bond acceptors (Lipinski definition) is 1. The van der Waals surface area contributed by atoms with Gasteiger partial charge in [-0.25, -0.2) is 0 Å². The van der Waals surface area contributed by atoms with E-state index in [2.05, 4.69) is 12.6 Å². The summed E-state index contributed by atoms with van der Waals surface area (Å²) >= 11 is 3.50. The molecule has 0 nitrogen and oxygen atoms in total. The van der Waals surface area contributed by atoms with E-state index < -0.39 is 28.4 Å². The number of benzene rings is 1. The summed E-state index contributed by atoms with van der Waals surface area (Å²) < 4.78 is 75.2. The van der Waals surface area contributed by atoms with Crippen molar-refractivity contribution in [1.29, 1.82) is 0 Å². The maximum atomic E-state index is 12.5. The summed E-state index contributed by atoms with van der Waals surface area (Å²) in [5, 5.41) is 0. The van der Waals surface area contributed by atoms with Gasteiger partial charge in [0.05, 0.1) is 11.1 Å². The predicted octanol–water partition coefficient (Wildman–Crippen LogP) is 4.58. The van der Waals surface area contributed by atoms with Crippen LogP contribution in [0.1, 0.15) is 23.6 Å². The van der Waals surface area contributed by atoms with Crippen LogP contribution in [-0.2, 0) is 18.8 Å². The average Bonchev–Trinajstić information content (AvgIpc) is 2.12. The number of thiol groups is 1. The number of aryl methyl sites for hydroxylation is 1. The second kappa shape index (κ2) is 4.44. The van der Waals surface area contributed by atoms with Crippen LogP contribution >= 0.6 is 12.6 Å². The van der Waals surface area contributed by atoms with Crippen molar-refractivity contribution >= 4 is 12.6 Å². The summed E-state index contributed by atoms with van der Waals surface area (Å²) in [6.07, 6.45) is -9.92. The highest BCUT2D eigenvalue weighted by Crippen LogP contribution is 2.43. The molecule has 0 saturated carbocycles. The normalized spacial score (nSPS) is 12.9. The molecule has 0 heterocycles. The minimum Gasteiger partial charge on any atom is -0.166 e. The third-order valence-electron chi connectivity index (χ3n) is 2.17. The van der Waals surface area contributed by atoms with Gasteiger partial charge >= 0.3 is 12.4 Å². The monoisotopic (exact) mass is 274 g/mol. The Kier molecular flexibility index (Phi) is 3.71. The summed E-state index contributed by atoms with van der Waals surface area (Å²) in [5.74, 6) is 0. The van der Waals surface area contributed by atoms with Crippen molar-refractivity contribution in [3.05, 3.63) is 28.8 Å². The van der Waals surface area contributed by atoms with Crippen molar-refractivity contribution in [2.75, 3.05) is 0 Å². The summed E-state index contributed by atoms with van der Waals surface area (Å²) in [4.78, 5) is -0.704. The van der Waals surface area contributed by atoms with Gasteiger partial charge < -0.3 is 0 Å². The zero-order valence-corrected chi connectivity index (χ0v) is 9.47. The number of hydrogen-bond donors (Lipinski definition) is 1. The van der Waals surface area contributed by atoms with Gasteiger partial charge in [0.25, 0.3) is 0 Å². The molecule has 0 unspecified atom stereocenters. The van der Waals surface area contributed by atoms with Crippen molar-refractivity contribution in [3.63, 3.8) is 0 Å². The standard InChI is InChI=1S/C10H8F6S/c1-2-5-3-6(9(11,12)13)8(7(17)4-5)10(14,15)16/h3-4,17H,2H2,1H3. The molecule has 0 aliphatic rings. The van der Waals surface area contributed by atoms with Crippen molar-refractivity contribution in [3.8, 4) is 0 Å². The lowest BCUT2D eigenvalue weighted by Crippen LogP contribution is -2.18. The Hall–Kier alpha value is -0.850. The molecule has 0 bridgehead atoms. The van der Waals surface area contributed by atoms with Crippen molar-refractivity contribution < 1.29 is 26.3 Å². The van der Waals surface area contributed by atoms with E-state index in [4.69, 9.17) is 0 Å². The largest absolute Gasteiger partial charge is 0.418 e. The third-order valence-corrected chi connectivity index (χ3v) is 2.53. The molecule has 0 amide bonds. The van der Waals surface area contributed by atoms with Gasteiger partial charge in [0.15, 0.2) is 0 Å². The topological polar surface area (TPSA) is 0 Å². The van der Waals surface area contributed by atoms with Crippen LogP contribution in [0.5, 0.6) is 0 Å². The fraction of sp³-hybridized carbons (Fsp3) is 0.400. The lowest BCUT2D eigenvalue weighted by molar-refractivity contribution is -0.163. The minimum atomic E-state index is -5.08. The highest BCUT2D eigenvalue weighted by atomic mass is 32.1. The zero-order chi connectivity index (χ0) is 13.4. The molecule has 0 spiro atoms. The van der Waals surface area contributed by atoms with Gasteiger partial charge in [-0.2, -0.15) is 26.3 Å². The molecule has 1 rings (SSSR count). The summed E-state index contributed by atoms with van der Waals surface area (Å²) in [6.45, 7) is 1.55. The Bertz CT molecular complexity index is 418. The first kappa shape index (κ1) is 14.2. The van der Waals surface area contributed by atoms with E-state index in [9.17, 15) is 26.3 Å². The van der Waals surface area contributed by atoms with Crippen LogP contribution < -0.4 is 0 Å². The first-order chi connectivity index (χ1) is 7.57. The second-order valence-electron chi connectivity index (χ2n) is 3.39. The highest BCUT2D eigenvalue weighted by molar-refractivity contribution is 7.80. The SMILES string of the molecule is CCc1cc(S)c(C(F)(F)F)c(C(F)(F)F)c1. The van der Waals surface area contributed by atoms with Gasteiger partial charge in [-0.05, 0) is 24.1 Å². The van der Waals surface area contributed by atoms with Crippen LogP contribution in [0.25, 0.3) is 0 Å². The molecule has 1 aromatic rings. The van der Waals surface area contributed by atoms with Crippen LogP contribution in [0.4, 0.5) is 26.3 Å². The lowest BCUT2D eigenvalue weighted by atomic mass is 10.0. The molecule has 0 radical (unpaired) electrons. The summed E-state index contributed by atoms with van der Waals surface area (Å²) in [6, 6.07) is 1.52. The Morgan fingerprint density at radius 2 is 1.53 bits per heavy atom. The Balaban J connectivity index is 3.58. The molecule has 0 fully saturated rings. The maximum Gasteiger partial charge on any atom is 0.418 e. The van der Waals surface area contributed by atoms with Gasteiger partial charge in [-0.1, -0.05) is 6.92 Å². The fourth-order valence-corrected chi connectivity index (χ4v) is 1.82. The van der Waals surface area contributed by atoms with Crippen molar-refractivity contribution in [2.45, 2.75) is 30.6 Å². The molecule has 17 heavy (non-hydrogen) atoms. The van der Waals surface area contributed by atoms with Gasteiger partial charge in [0.2, 0.25) is 0 Å². The molecule has 0 saturated heterocycles. The van der Waals surface area contributed by atoms with Crippen LogP contribution in [-0.4, -0.2) is 0 Å². The van der Waals surface area contributed by atoms with Gasteiger partial charge in [-0.3, -0.25) is 0 Å². The first-order valence-electron chi connectivity index (χ1n) is 4.57. The molecular weight excluding hydrogens is 266 g/mol. The number of halogens is 6. The minimum absolute atomic E-state index is 0.162. The molecule has 0 N–H and O–H groups in total.